The van der Waals surface area contributed by atoms with Gasteiger partial charge in [-0.05, 0) is 49.4 Å². The maximum Gasteiger partial charge on any atom is 0.233 e. The molecule has 1 aromatic rings. The van der Waals surface area contributed by atoms with Crippen LogP contribution in [-0.4, -0.2) is 25.5 Å². The molecule has 1 fully saturated rings. The van der Waals surface area contributed by atoms with E-state index in [2.05, 4.69) is 10.6 Å². The van der Waals surface area contributed by atoms with Crippen molar-refractivity contribution in [2.45, 2.75) is 19.3 Å². The zero-order valence-corrected chi connectivity index (χ0v) is 13.5. The monoisotopic (exact) mass is 336 g/mol. The minimum atomic E-state index is 0. The van der Waals surface area contributed by atoms with Crippen molar-refractivity contribution in [2.24, 2.45) is 5.92 Å². The summed E-state index contributed by atoms with van der Waals surface area (Å²) in [6.45, 7) is 1.88. The lowest BCUT2D eigenvalue weighted by atomic mass is 10.1. The lowest BCUT2D eigenvalue weighted by molar-refractivity contribution is -0.120. The highest BCUT2D eigenvalue weighted by atomic mass is 35.5. The Bertz CT molecular complexity index is 430. The smallest absolute Gasteiger partial charge is 0.233 e. The van der Waals surface area contributed by atoms with Crippen LogP contribution < -0.4 is 10.6 Å². The van der Waals surface area contributed by atoms with E-state index in [0.717, 1.165) is 18.0 Å². The zero-order valence-electron chi connectivity index (χ0n) is 11.1. The first kappa shape index (κ1) is 17.6. The van der Waals surface area contributed by atoms with Crippen LogP contribution in [0.1, 0.15) is 18.4 Å². The topological polar surface area (TPSA) is 41.1 Å². The minimum absolute atomic E-state index is 0. The largest absolute Gasteiger partial charge is 0.355 e. The molecule has 6 heteroatoms. The third-order valence-electron chi connectivity index (χ3n) is 3.17. The lowest BCUT2D eigenvalue weighted by Gasteiger charge is -2.09. The van der Waals surface area contributed by atoms with Crippen molar-refractivity contribution in [1.82, 2.24) is 10.6 Å². The molecule has 0 aliphatic heterocycles. The maximum atomic E-state index is 11.6. The number of amides is 1. The van der Waals surface area contributed by atoms with Gasteiger partial charge >= 0.3 is 0 Å². The van der Waals surface area contributed by atoms with Gasteiger partial charge in [0, 0.05) is 16.6 Å². The Balaban J connectivity index is 0.00000200. The maximum absolute atomic E-state index is 11.6. The molecule has 0 unspecified atom stereocenters. The number of nitrogens with one attached hydrogen (secondary N) is 2. The molecule has 112 valence electrons. The number of benzene rings is 1. The lowest BCUT2D eigenvalue weighted by Crippen LogP contribution is -2.35. The average Bonchev–Trinajstić information content (AvgIpc) is 3.17. The van der Waals surface area contributed by atoms with Crippen molar-refractivity contribution in [1.29, 1.82) is 0 Å². The predicted molar refractivity (Wildman–Crippen MR) is 86.0 cm³/mol. The number of carbonyl (C=O) groups excluding carboxylic acids is 1. The Morgan fingerprint density at radius 1 is 1.25 bits per heavy atom. The van der Waals surface area contributed by atoms with Gasteiger partial charge in [-0.3, -0.25) is 4.79 Å². The van der Waals surface area contributed by atoms with Crippen LogP contribution in [0.4, 0.5) is 0 Å². The molecule has 1 aliphatic rings. The van der Waals surface area contributed by atoms with Crippen LogP contribution in [0.15, 0.2) is 18.2 Å². The molecule has 0 bridgehead atoms. The summed E-state index contributed by atoms with van der Waals surface area (Å²) in [5.41, 5.74) is 0.886. The molecular formula is C14H19Cl3N2O. The van der Waals surface area contributed by atoms with Gasteiger partial charge in [0.15, 0.2) is 0 Å². The molecule has 0 atom stereocenters. The van der Waals surface area contributed by atoms with Crippen molar-refractivity contribution in [3.05, 3.63) is 33.8 Å². The van der Waals surface area contributed by atoms with Gasteiger partial charge in [0.05, 0.1) is 6.54 Å². The summed E-state index contributed by atoms with van der Waals surface area (Å²) in [5, 5.41) is 7.31. The van der Waals surface area contributed by atoms with Crippen LogP contribution in [0, 0.1) is 5.92 Å². The van der Waals surface area contributed by atoms with E-state index in [0.29, 0.717) is 29.6 Å². The number of rotatable bonds is 7. The Morgan fingerprint density at radius 2 is 1.90 bits per heavy atom. The van der Waals surface area contributed by atoms with Gasteiger partial charge in [0.1, 0.15) is 0 Å². The summed E-state index contributed by atoms with van der Waals surface area (Å²) in [6.07, 6.45) is 3.23. The Hall–Kier alpha value is -0.480. The van der Waals surface area contributed by atoms with Gasteiger partial charge < -0.3 is 10.6 Å². The second-order valence-corrected chi connectivity index (χ2v) is 5.69. The number of carbonyl (C=O) groups is 1. The molecule has 1 aliphatic carbocycles. The van der Waals surface area contributed by atoms with Crippen molar-refractivity contribution in [3.63, 3.8) is 0 Å². The molecule has 0 aromatic heterocycles. The van der Waals surface area contributed by atoms with Crippen molar-refractivity contribution >= 4 is 41.5 Å². The SMILES string of the molecule is Cl.O=C(CNCC1CC1)NCCc1c(Cl)cccc1Cl. The summed E-state index contributed by atoms with van der Waals surface area (Å²) in [5.74, 6) is 0.804. The second-order valence-electron chi connectivity index (χ2n) is 4.87. The molecule has 0 radical (unpaired) electrons. The van der Waals surface area contributed by atoms with Crippen LogP contribution >= 0.6 is 35.6 Å². The third-order valence-corrected chi connectivity index (χ3v) is 3.88. The van der Waals surface area contributed by atoms with E-state index in [9.17, 15) is 4.79 Å². The molecular weight excluding hydrogens is 319 g/mol. The average molecular weight is 338 g/mol. The number of hydrogen-bond acceptors (Lipinski definition) is 2. The normalized spacial score (nSPS) is 13.7. The van der Waals surface area contributed by atoms with Crippen LogP contribution in [0.3, 0.4) is 0 Å². The summed E-state index contributed by atoms with van der Waals surface area (Å²) < 4.78 is 0. The standard InChI is InChI=1S/C14H18Cl2N2O.ClH/c15-12-2-1-3-13(16)11(12)6-7-18-14(19)9-17-8-10-4-5-10;/h1-3,10,17H,4-9H2,(H,18,19);1H. The zero-order chi connectivity index (χ0) is 13.7. The predicted octanol–water partition coefficient (Wildman–Crippen LogP) is 3.07. The second kappa shape index (κ2) is 8.73. The van der Waals surface area contributed by atoms with E-state index in [4.69, 9.17) is 23.2 Å². The number of halogens is 3. The van der Waals surface area contributed by atoms with Gasteiger partial charge in [-0.1, -0.05) is 29.3 Å². The molecule has 1 amide bonds. The highest BCUT2D eigenvalue weighted by Gasteiger charge is 2.20. The summed E-state index contributed by atoms with van der Waals surface area (Å²) in [7, 11) is 0. The summed E-state index contributed by atoms with van der Waals surface area (Å²) in [4.78, 5) is 11.6. The van der Waals surface area contributed by atoms with E-state index in [1.807, 2.05) is 18.2 Å². The summed E-state index contributed by atoms with van der Waals surface area (Å²) in [6, 6.07) is 5.43. The van der Waals surface area contributed by atoms with Crippen LogP contribution in [-0.2, 0) is 11.2 Å². The Kier molecular flexibility index (Phi) is 7.67. The Labute approximate surface area is 135 Å². The Morgan fingerprint density at radius 3 is 2.50 bits per heavy atom. The van der Waals surface area contributed by atoms with E-state index >= 15 is 0 Å². The molecule has 2 rings (SSSR count). The van der Waals surface area contributed by atoms with Crippen LogP contribution in [0.2, 0.25) is 10.0 Å². The molecule has 2 N–H and O–H groups in total. The molecule has 20 heavy (non-hydrogen) atoms. The van der Waals surface area contributed by atoms with E-state index in [-0.39, 0.29) is 18.3 Å². The van der Waals surface area contributed by atoms with Gasteiger partial charge in [0.2, 0.25) is 5.91 Å². The first-order valence-corrected chi connectivity index (χ1v) is 7.32. The molecule has 1 saturated carbocycles. The quantitative estimate of drug-likeness (QED) is 0.803. The van der Waals surface area contributed by atoms with E-state index in [1.165, 1.54) is 12.8 Å². The highest BCUT2D eigenvalue weighted by molar-refractivity contribution is 6.35. The van der Waals surface area contributed by atoms with Gasteiger partial charge in [-0.25, -0.2) is 0 Å². The minimum Gasteiger partial charge on any atom is -0.355 e. The van der Waals surface area contributed by atoms with Crippen LogP contribution in [0.25, 0.3) is 0 Å². The summed E-state index contributed by atoms with van der Waals surface area (Å²) >= 11 is 12.1. The van der Waals surface area contributed by atoms with Gasteiger partial charge in [-0.15, -0.1) is 12.4 Å². The highest BCUT2D eigenvalue weighted by Crippen LogP contribution is 2.27. The van der Waals surface area contributed by atoms with Crippen LogP contribution in [0.5, 0.6) is 0 Å². The first-order chi connectivity index (χ1) is 9.16. The van der Waals surface area contributed by atoms with Crippen molar-refractivity contribution in [3.8, 4) is 0 Å². The van der Waals surface area contributed by atoms with Crippen molar-refractivity contribution in [2.75, 3.05) is 19.6 Å². The first-order valence-electron chi connectivity index (χ1n) is 6.57. The van der Waals surface area contributed by atoms with E-state index < -0.39 is 0 Å². The molecule has 0 saturated heterocycles. The number of hydrogen-bond donors (Lipinski definition) is 2. The van der Waals surface area contributed by atoms with Gasteiger partial charge in [0.25, 0.3) is 0 Å². The third kappa shape index (κ3) is 5.88. The van der Waals surface area contributed by atoms with Gasteiger partial charge in [-0.2, -0.15) is 0 Å². The molecule has 0 heterocycles. The van der Waals surface area contributed by atoms with E-state index in [1.54, 1.807) is 0 Å². The van der Waals surface area contributed by atoms with Crippen molar-refractivity contribution < 1.29 is 4.79 Å². The molecule has 1 aromatic carbocycles. The fourth-order valence-corrected chi connectivity index (χ4v) is 2.46. The molecule has 3 nitrogen and oxygen atoms in total. The fourth-order valence-electron chi connectivity index (χ4n) is 1.87. The fraction of sp³-hybridized carbons (Fsp3) is 0.500. The molecule has 0 spiro atoms.